The molecule has 0 radical (unpaired) electrons. The number of benzene rings is 1. The van der Waals surface area contributed by atoms with Gasteiger partial charge >= 0.3 is 0 Å². The normalized spacial score (nSPS) is 11.8. The van der Waals surface area contributed by atoms with Gasteiger partial charge in [-0.1, -0.05) is 38.5 Å². The standard InChI is InChI=1S/C15H19N/c1-12-7-8-14(16-9-5-6-10-16)13(11-12)15(2,3)4/h5-11H,1-4H3. The fourth-order valence-corrected chi connectivity index (χ4v) is 1.97. The van der Waals surface area contributed by atoms with E-state index in [0.29, 0.717) is 0 Å². The quantitative estimate of drug-likeness (QED) is 0.672. The van der Waals surface area contributed by atoms with Crippen LogP contribution in [0.2, 0.25) is 0 Å². The molecule has 0 aliphatic heterocycles. The molecular formula is C15H19N. The Morgan fingerprint density at radius 2 is 1.62 bits per heavy atom. The van der Waals surface area contributed by atoms with Gasteiger partial charge in [0.05, 0.1) is 0 Å². The summed E-state index contributed by atoms with van der Waals surface area (Å²) in [6.07, 6.45) is 4.19. The molecule has 2 rings (SSSR count). The van der Waals surface area contributed by atoms with Gasteiger partial charge in [0.1, 0.15) is 0 Å². The van der Waals surface area contributed by atoms with Crippen LogP contribution in [-0.2, 0) is 5.41 Å². The average molecular weight is 213 g/mol. The Morgan fingerprint density at radius 1 is 1.00 bits per heavy atom. The first-order valence-corrected chi connectivity index (χ1v) is 5.73. The van der Waals surface area contributed by atoms with Crippen LogP contribution in [0.4, 0.5) is 0 Å². The topological polar surface area (TPSA) is 4.93 Å². The molecule has 16 heavy (non-hydrogen) atoms. The Morgan fingerprint density at radius 3 is 2.19 bits per heavy atom. The van der Waals surface area contributed by atoms with Gasteiger partial charge in [-0.15, -0.1) is 0 Å². The highest BCUT2D eigenvalue weighted by molar-refractivity contribution is 5.47. The Balaban J connectivity index is 2.62. The maximum Gasteiger partial charge on any atom is 0.0486 e. The summed E-state index contributed by atoms with van der Waals surface area (Å²) in [7, 11) is 0. The number of aryl methyl sites for hydroxylation is 1. The summed E-state index contributed by atoms with van der Waals surface area (Å²) >= 11 is 0. The fraction of sp³-hybridized carbons (Fsp3) is 0.333. The van der Waals surface area contributed by atoms with Gasteiger partial charge in [-0.2, -0.15) is 0 Å². The summed E-state index contributed by atoms with van der Waals surface area (Å²) in [4.78, 5) is 0. The first kappa shape index (κ1) is 11.0. The predicted molar refractivity (Wildman–Crippen MR) is 69.2 cm³/mol. The van der Waals surface area contributed by atoms with Crippen LogP contribution in [0.25, 0.3) is 5.69 Å². The lowest BCUT2D eigenvalue weighted by Gasteiger charge is -2.24. The fourth-order valence-electron chi connectivity index (χ4n) is 1.97. The second kappa shape index (κ2) is 3.82. The van der Waals surface area contributed by atoms with Crippen molar-refractivity contribution < 1.29 is 0 Å². The van der Waals surface area contributed by atoms with Crippen LogP contribution in [0, 0.1) is 6.92 Å². The van der Waals surface area contributed by atoms with Gasteiger partial charge in [0.25, 0.3) is 0 Å². The number of hydrogen-bond donors (Lipinski definition) is 0. The summed E-state index contributed by atoms with van der Waals surface area (Å²) < 4.78 is 2.18. The summed E-state index contributed by atoms with van der Waals surface area (Å²) in [6, 6.07) is 10.8. The van der Waals surface area contributed by atoms with E-state index in [0.717, 1.165) is 0 Å². The minimum atomic E-state index is 0.172. The second-order valence-electron chi connectivity index (χ2n) is 5.36. The SMILES string of the molecule is Cc1ccc(-n2cccc2)c(C(C)(C)C)c1. The van der Waals surface area contributed by atoms with Crippen LogP contribution in [-0.4, -0.2) is 4.57 Å². The monoisotopic (exact) mass is 213 g/mol. The van der Waals surface area contributed by atoms with Crippen LogP contribution in [0.3, 0.4) is 0 Å². The van der Waals surface area contributed by atoms with Gasteiger partial charge < -0.3 is 4.57 Å². The molecule has 0 aliphatic rings. The van der Waals surface area contributed by atoms with Crippen LogP contribution in [0.15, 0.2) is 42.7 Å². The molecule has 0 N–H and O–H groups in total. The number of nitrogens with zero attached hydrogens (tertiary/aromatic N) is 1. The molecule has 0 fully saturated rings. The van der Waals surface area contributed by atoms with Gasteiger partial charge in [-0.3, -0.25) is 0 Å². The van der Waals surface area contributed by atoms with E-state index in [-0.39, 0.29) is 5.41 Å². The minimum absolute atomic E-state index is 0.172. The van der Waals surface area contributed by atoms with Gasteiger partial charge in [0.2, 0.25) is 0 Å². The van der Waals surface area contributed by atoms with E-state index in [1.807, 2.05) is 0 Å². The van der Waals surface area contributed by atoms with Gasteiger partial charge in [-0.25, -0.2) is 0 Å². The van der Waals surface area contributed by atoms with Gasteiger partial charge in [-0.05, 0) is 36.1 Å². The molecular weight excluding hydrogens is 194 g/mol. The molecule has 0 unspecified atom stereocenters. The third-order valence-electron chi connectivity index (χ3n) is 2.84. The second-order valence-corrected chi connectivity index (χ2v) is 5.36. The molecule has 1 aromatic carbocycles. The van der Waals surface area contributed by atoms with Crippen LogP contribution >= 0.6 is 0 Å². The molecule has 84 valence electrons. The molecule has 0 spiro atoms. The molecule has 1 aromatic heterocycles. The summed E-state index contributed by atoms with van der Waals surface area (Å²) in [5, 5.41) is 0. The highest BCUT2D eigenvalue weighted by Crippen LogP contribution is 2.29. The van der Waals surface area contributed by atoms with E-state index in [1.165, 1.54) is 16.8 Å². The van der Waals surface area contributed by atoms with Crippen molar-refractivity contribution in [3.63, 3.8) is 0 Å². The van der Waals surface area contributed by atoms with Crippen molar-refractivity contribution in [1.29, 1.82) is 0 Å². The van der Waals surface area contributed by atoms with Crippen LogP contribution < -0.4 is 0 Å². The zero-order valence-corrected chi connectivity index (χ0v) is 10.5. The third kappa shape index (κ3) is 2.04. The van der Waals surface area contributed by atoms with Crippen molar-refractivity contribution in [1.82, 2.24) is 4.57 Å². The van der Waals surface area contributed by atoms with E-state index in [1.54, 1.807) is 0 Å². The van der Waals surface area contributed by atoms with E-state index >= 15 is 0 Å². The molecule has 0 amide bonds. The number of rotatable bonds is 1. The van der Waals surface area contributed by atoms with Gasteiger partial charge in [0, 0.05) is 18.1 Å². The average Bonchev–Trinajstić information content (AvgIpc) is 2.69. The molecule has 0 atom stereocenters. The van der Waals surface area contributed by atoms with Crippen LogP contribution in [0.5, 0.6) is 0 Å². The molecule has 1 heteroatoms. The van der Waals surface area contributed by atoms with Gasteiger partial charge in [0.15, 0.2) is 0 Å². The van der Waals surface area contributed by atoms with E-state index in [9.17, 15) is 0 Å². The molecule has 0 aliphatic carbocycles. The molecule has 1 nitrogen and oxygen atoms in total. The molecule has 0 saturated heterocycles. The minimum Gasteiger partial charge on any atom is -0.324 e. The maximum atomic E-state index is 2.29. The molecule has 1 heterocycles. The summed E-state index contributed by atoms with van der Waals surface area (Å²) in [5.74, 6) is 0. The zero-order chi connectivity index (χ0) is 11.8. The Labute approximate surface area is 97.7 Å². The van der Waals surface area contributed by atoms with Crippen LogP contribution in [0.1, 0.15) is 31.9 Å². The van der Waals surface area contributed by atoms with E-state index in [4.69, 9.17) is 0 Å². The van der Waals surface area contributed by atoms with Crippen molar-refractivity contribution in [3.05, 3.63) is 53.9 Å². The first-order chi connectivity index (χ1) is 7.48. The van der Waals surface area contributed by atoms with Crippen molar-refractivity contribution in [2.75, 3.05) is 0 Å². The highest BCUT2D eigenvalue weighted by Gasteiger charge is 2.18. The lowest BCUT2D eigenvalue weighted by atomic mass is 9.85. The zero-order valence-electron chi connectivity index (χ0n) is 10.5. The lowest BCUT2D eigenvalue weighted by Crippen LogP contribution is -2.15. The van der Waals surface area contributed by atoms with E-state index < -0.39 is 0 Å². The summed E-state index contributed by atoms with van der Waals surface area (Å²) in [5.41, 5.74) is 4.17. The van der Waals surface area contributed by atoms with E-state index in [2.05, 4.69) is 75.0 Å². The molecule has 2 aromatic rings. The lowest BCUT2D eigenvalue weighted by molar-refractivity contribution is 0.586. The van der Waals surface area contributed by atoms with Crippen molar-refractivity contribution in [2.24, 2.45) is 0 Å². The van der Waals surface area contributed by atoms with Crippen molar-refractivity contribution in [2.45, 2.75) is 33.1 Å². The van der Waals surface area contributed by atoms with Crippen molar-refractivity contribution in [3.8, 4) is 5.69 Å². The highest BCUT2D eigenvalue weighted by atomic mass is 14.9. The number of aromatic nitrogens is 1. The maximum absolute atomic E-state index is 2.29. The number of hydrogen-bond acceptors (Lipinski definition) is 0. The van der Waals surface area contributed by atoms with Crippen molar-refractivity contribution >= 4 is 0 Å². The molecule has 0 saturated carbocycles. The predicted octanol–water partition coefficient (Wildman–Crippen LogP) is 4.08. The Bertz CT molecular complexity index is 473. The Hall–Kier alpha value is -1.50. The first-order valence-electron chi connectivity index (χ1n) is 5.73. The smallest absolute Gasteiger partial charge is 0.0486 e. The summed E-state index contributed by atoms with van der Waals surface area (Å²) in [6.45, 7) is 8.92. The third-order valence-corrected chi connectivity index (χ3v) is 2.84. The largest absolute Gasteiger partial charge is 0.324 e. The molecule has 0 bridgehead atoms. The Kier molecular flexibility index (Phi) is 2.63.